The quantitative estimate of drug-likeness (QED) is 0.583. The van der Waals surface area contributed by atoms with Crippen LogP contribution in [0.3, 0.4) is 0 Å². The van der Waals surface area contributed by atoms with E-state index in [0.717, 1.165) is 6.54 Å². The zero-order valence-corrected chi connectivity index (χ0v) is 14.5. The molecule has 0 aliphatic carbocycles. The van der Waals surface area contributed by atoms with Crippen LogP contribution in [-0.4, -0.2) is 24.8 Å². The largest absolute Gasteiger partial charge is 0.375 e. The SMILES string of the molecule is CCCCCCCC(NCCC)C1C(C)OC(C)C1C. The zero-order chi connectivity index (χ0) is 15.0. The monoisotopic (exact) mass is 283 g/mol. The number of hydrogen-bond acceptors (Lipinski definition) is 2. The van der Waals surface area contributed by atoms with Crippen molar-refractivity contribution in [3.63, 3.8) is 0 Å². The number of nitrogens with one attached hydrogen (secondary N) is 1. The first-order valence-electron chi connectivity index (χ1n) is 9.00. The maximum Gasteiger partial charge on any atom is 0.0597 e. The van der Waals surface area contributed by atoms with Crippen molar-refractivity contribution >= 4 is 0 Å². The van der Waals surface area contributed by atoms with E-state index in [1.54, 1.807) is 0 Å². The Bertz CT molecular complexity index is 244. The first kappa shape index (κ1) is 18.0. The van der Waals surface area contributed by atoms with Crippen molar-refractivity contribution in [3.05, 3.63) is 0 Å². The molecule has 0 amide bonds. The minimum atomic E-state index is 0.407. The maximum atomic E-state index is 6.05. The van der Waals surface area contributed by atoms with Gasteiger partial charge in [-0.1, -0.05) is 52.9 Å². The lowest BCUT2D eigenvalue weighted by Crippen LogP contribution is -2.42. The minimum Gasteiger partial charge on any atom is -0.375 e. The molecule has 2 heteroatoms. The van der Waals surface area contributed by atoms with Gasteiger partial charge in [-0.3, -0.25) is 0 Å². The normalized spacial score (nSPS) is 31.6. The summed E-state index contributed by atoms with van der Waals surface area (Å²) in [4.78, 5) is 0. The van der Waals surface area contributed by atoms with Gasteiger partial charge in [-0.05, 0) is 39.2 Å². The second-order valence-corrected chi connectivity index (χ2v) is 6.75. The molecule has 1 aliphatic rings. The molecule has 120 valence electrons. The summed E-state index contributed by atoms with van der Waals surface area (Å²) in [6, 6.07) is 0.645. The maximum absolute atomic E-state index is 6.05. The van der Waals surface area contributed by atoms with Gasteiger partial charge in [0.1, 0.15) is 0 Å². The molecule has 1 aliphatic heterocycles. The summed E-state index contributed by atoms with van der Waals surface area (Å²) in [6.07, 6.45) is 10.3. The predicted molar refractivity (Wildman–Crippen MR) is 88.1 cm³/mol. The Labute approximate surface area is 127 Å². The molecule has 1 heterocycles. The van der Waals surface area contributed by atoms with Gasteiger partial charge in [-0.25, -0.2) is 0 Å². The second kappa shape index (κ2) is 9.78. The van der Waals surface area contributed by atoms with Crippen LogP contribution >= 0.6 is 0 Å². The van der Waals surface area contributed by atoms with Gasteiger partial charge in [-0.2, -0.15) is 0 Å². The van der Waals surface area contributed by atoms with Crippen LogP contribution in [0.25, 0.3) is 0 Å². The van der Waals surface area contributed by atoms with Crippen LogP contribution in [0.2, 0.25) is 0 Å². The van der Waals surface area contributed by atoms with Crippen LogP contribution in [-0.2, 0) is 4.74 Å². The highest BCUT2D eigenvalue weighted by Gasteiger charge is 2.40. The minimum absolute atomic E-state index is 0.407. The highest BCUT2D eigenvalue weighted by atomic mass is 16.5. The van der Waals surface area contributed by atoms with Gasteiger partial charge in [0, 0.05) is 12.0 Å². The van der Waals surface area contributed by atoms with Gasteiger partial charge in [0.25, 0.3) is 0 Å². The molecule has 0 radical (unpaired) electrons. The Balaban J connectivity index is 2.46. The molecule has 0 saturated carbocycles. The van der Waals surface area contributed by atoms with Crippen molar-refractivity contribution < 1.29 is 4.74 Å². The van der Waals surface area contributed by atoms with E-state index >= 15 is 0 Å². The van der Waals surface area contributed by atoms with Crippen LogP contribution in [0.15, 0.2) is 0 Å². The Morgan fingerprint density at radius 3 is 2.15 bits per heavy atom. The molecule has 0 bridgehead atoms. The molecule has 2 nitrogen and oxygen atoms in total. The average Bonchev–Trinajstić information content (AvgIpc) is 2.67. The van der Waals surface area contributed by atoms with E-state index in [9.17, 15) is 0 Å². The predicted octanol–water partition coefficient (Wildman–Crippen LogP) is 4.77. The van der Waals surface area contributed by atoms with Crippen LogP contribution in [0.1, 0.15) is 79.6 Å². The summed E-state index contributed by atoms with van der Waals surface area (Å²) in [6.45, 7) is 12.6. The Morgan fingerprint density at radius 2 is 1.60 bits per heavy atom. The first-order chi connectivity index (χ1) is 9.61. The fraction of sp³-hybridized carbons (Fsp3) is 1.00. The van der Waals surface area contributed by atoms with Gasteiger partial charge in [0.05, 0.1) is 12.2 Å². The van der Waals surface area contributed by atoms with Crippen LogP contribution < -0.4 is 5.32 Å². The lowest BCUT2D eigenvalue weighted by atomic mass is 9.81. The molecule has 5 atom stereocenters. The van der Waals surface area contributed by atoms with E-state index in [1.807, 2.05) is 0 Å². The van der Waals surface area contributed by atoms with Crippen molar-refractivity contribution in [2.75, 3.05) is 6.54 Å². The van der Waals surface area contributed by atoms with Gasteiger partial charge < -0.3 is 10.1 Å². The summed E-state index contributed by atoms with van der Waals surface area (Å²) in [5.41, 5.74) is 0. The van der Waals surface area contributed by atoms with Crippen LogP contribution in [0.4, 0.5) is 0 Å². The number of ether oxygens (including phenoxy) is 1. The molecule has 0 aromatic rings. The third kappa shape index (κ3) is 5.37. The summed E-state index contributed by atoms with van der Waals surface area (Å²) >= 11 is 0. The molecule has 1 saturated heterocycles. The van der Waals surface area contributed by atoms with Crippen LogP contribution in [0, 0.1) is 11.8 Å². The molecule has 0 spiro atoms. The highest BCUT2D eigenvalue weighted by molar-refractivity contribution is 4.91. The highest BCUT2D eigenvalue weighted by Crippen LogP contribution is 2.36. The van der Waals surface area contributed by atoms with Gasteiger partial charge in [-0.15, -0.1) is 0 Å². The third-order valence-corrected chi connectivity index (χ3v) is 5.06. The van der Waals surface area contributed by atoms with Crippen molar-refractivity contribution in [1.82, 2.24) is 5.32 Å². The number of hydrogen-bond donors (Lipinski definition) is 1. The van der Waals surface area contributed by atoms with E-state index in [1.165, 1.54) is 44.9 Å². The molecule has 1 rings (SSSR count). The molecule has 0 aromatic carbocycles. The first-order valence-corrected chi connectivity index (χ1v) is 9.00. The van der Waals surface area contributed by atoms with Crippen LogP contribution in [0.5, 0.6) is 0 Å². The van der Waals surface area contributed by atoms with E-state index in [0.29, 0.717) is 30.1 Å². The molecule has 0 aromatic heterocycles. The smallest absolute Gasteiger partial charge is 0.0597 e. The fourth-order valence-corrected chi connectivity index (χ4v) is 3.72. The number of unbranched alkanes of at least 4 members (excludes halogenated alkanes) is 4. The zero-order valence-electron chi connectivity index (χ0n) is 14.5. The van der Waals surface area contributed by atoms with E-state index in [-0.39, 0.29) is 0 Å². The molecule has 1 N–H and O–H groups in total. The van der Waals surface area contributed by atoms with E-state index < -0.39 is 0 Å². The Hall–Kier alpha value is -0.0800. The fourth-order valence-electron chi connectivity index (χ4n) is 3.72. The van der Waals surface area contributed by atoms with E-state index in [2.05, 4.69) is 39.9 Å². The average molecular weight is 284 g/mol. The molecule has 20 heavy (non-hydrogen) atoms. The van der Waals surface area contributed by atoms with Crippen molar-refractivity contribution in [1.29, 1.82) is 0 Å². The van der Waals surface area contributed by atoms with Gasteiger partial charge in [0.15, 0.2) is 0 Å². The lowest BCUT2D eigenvalue weighted by Gasteiger charge is -2.30. The van der Waals surface area contributed by atoms with E-state index in [4.69, 9.17) is 4.74 Å². The third-order valence-electron chi connectivity index (χ3n) is 5.06. The standard InChI is InChI=1S/C18H37NO/c1-6-8-9-10-11-12-17(19-13-7-2)18-14(3)15(4)20-16(18)5/h14-19H,6-13H2,1-5H3. The second-order valence-electron chi connectivity index (χ2n) is 6.75. The lowest BCUT2D eigenvalue weighted by molar-refractivity contribution is 0.0471. The molecular formula is C18H37NO. The summed E-state index contributed by atoms with van der Waals surface area (Å²) in [5.74, 6) is 1.36. The van der Waals surface area contributed by atoms with Crippen molar-refractivity contribution in [3.8, 4) is 0 Å². The Kier molecular flexibility index (Phi) is 8.79. The van der Waals surface area contributed by atoms with Crippen molar-refractivity contribution in [2.24, 2.45) is 11.8 Å². The number of rotatable bonds is 10. The van der Waals surface area contributed by atoms with Gasteiger partial charge in [0.2, 0.25) is 0 Å². The molecule has 1 fully saturated rings. The van der Waals surface area contributed by atoms with Crippen molar-refractivity contribution in [2.45, 2.75) is 97.8 Å². The molecule has 5 unspecified atom stereocenters. The summed E-state index contributed by atoms with van der Waals surface area (Å²) < 4.78 is 6.05. The van der Waals surface area contributed by atoms with Gasteiger partial charge >= 0.3 is 0 Å². The summed E-state index contributed by atoms with van der Waals surface area (Å²) in [7, 11) is 0. The summed E-state index contributed by atoms with van der Waals surface area (Å²) in [5, 5.41) is 3.80. The molecular weight excluding hydrogens is 246 g/mol. The topological polar surface area (TPSA) is 21.3 Å². The Morgan fingerprint density at radius 1 is 0.900 bits per heavy atom.